The lowest BCUT2D eigenvalue weighted by Gasteiger charge is -2.17. The third kappa shape index (κ3) is 2.31. The summed E-state index contributed by atoms with van der Waals surface area (Å²) >= 11 is 0. The third-order valence-electron chi connectivity index (χ3n) is 3.75. The van der Waals surface area contributed by atoms with Crippen molar-refractivity contribution in [2.24, 2.45) is 0 Å². The van der Waals surface area contributed by atoms with Crippen molar-refractivity contribution in [1.29, 1.82) is 0 Å². The van der Waals surface area contributed by atoms with Gasteiger partial charge in [-0.25, -0.2) is 4.98 Å². The van der Waals surface area contributed by atoms with Crippen molar-refractivity contribution in [3.63, 3.8) is 0 Å². The number of aromatic nitrogens is 2. The fourth-order valence-electron chi connectivity index (χ4n) is 2.80. The van der Waals surface area contributed by atoms with E-state index in [4.69, 9.17) is 0 Å². The number of likely N-dealkylation sites (tertiary alicyclic amines) is 1. The van der Waals surface area contributed by atoms with Crippen molar-refractivity contribution in [3.8, 4) is 0 Å². The normalized spacial score (nSPS) is 20.4. The Kier molecular flexibility index (Phi) is 3.15. The van der Waals surface area contributed by atoms with Gasteiger partial charge >= 0.3 is 0 Å². The Morgan fingerprint density at radius 2 is 2.11 bits per heavy atom. The number of benzene rings is 1. The van der Waals surface area contributed by atoms with Gasteiger partial charge in [0.05, 0.1) is 0 Å². The van der Waals surface area contributed by atoms with Crippen LogP contribution < -0.4 is 0 Å². The first-order valence-electron chi connectivity index (χ1n) is 6.58. The molecule has 1 aliphatic heterocycles. The zero-order valence-corrected chi connectivity index (χ0v) is 10.8. The van der Waals surface area contributed by atoms with Crippen LogP contribution >= 0.6 is 0 Å². The number of aryl methyl sites for hydroxylation is 1. The molecule has 1 atom stereocenters. The van der Waals surface area contributed by atoms with Crippen molar-refractivity contribution in [2.75, 3.05) is 13.1 Å². The van der Waals surface area contributed by atoms with E-state index in [-0.39, 0.29) is 0 Å². The van der Waals surface area contributed by atoms with E-state index < -0.39 is 0 Å². The lowest BCUT2D eigenvalue weighted by molar-refractivity contribution is 0.315. The summed E-state index contributed by atoms with van der Waals surface area (Å²) in [6.07, 6.45) is 5.23. The van der Waals surface area contributed by atoms with Gasteiger partial charge in [-0.2, -0.15) is 0 Å². The minimum atomic E-state index is 0.594. The second-order valence-electron chi connectivity index (χ2n) is 5.04. The van der Waals surface area contributed by atoms with E-state index in [1.54, 1.807) is 0 Å². The maximum Gasteiger partial charge on any atom is 0.105 e. The van der Waals surface area contributed by atoms with Crippen molar-refractivity contribution in [3.05, 3.63) is 54.1 Å². The lowest BCUT2D eigenvalue weighted by atomic mass is 10.2. The van der Waals surface area contributed by atoms with E-state index in [0.29, 0.717) is 6.04 Å². The number of nitrogens with zero attached hydrogens (tertiary/aromatic N) is 3. The van der Waals surface area contributed by atoms with Crippen LogP contribution in [0.25, 0.3) is 0 Å². The van der Waals surface area contributed by atoms with Crippen LogP contribution in [0.3, 0.4) is 0 Å². The molecular weight excluding hydrogens is 222 g/mol. The van der Waals surface area contributed by atoms with Crippen molar-refractivity contribution >= 4 is 0 Å². The SMILES string of the molecule is Cc1nccn1C1CCN(Cc2ccccc2)C1. The molecule has 1 aromatic carbocycles. The molecule has 1 unspecified atom stereocenters. The quantitative estimate of drug-likeness (QED) is 0.823. The van der Waals surface area contributed by atoms with Crippen LogP contribution in [0.15, 0.2) is 42.7 Å². The maximum absolute atomic E-state index is 4.31. The average Bonchev–Trinajstić information content (AvgIpc) is 2.99. The van der Waals surface area contributed by atoms with Gasteiger partial charge in [0.2, 0.25) is 0 Å². The van der Waals surface area contributed by atoms with Gasteiger partial charge in [-0.1, -0.05) is 30.3 Å². The highest BCUT2D eigenvalue weighted by Crippen LogP contribution is 2.23. The highest BCUT2D eigenvalue weighted by atomic mass is 15.2. The van der Waals surface area contributed by atoms with E-state index in [2.05, 4.69) is 57.9 Å². The van der Waals surface area contributed by atoms with Crippen LogP contribution in [0, 0.1) is 6.92 Å². The van der Waals surface area contributed by atoms with Crippen LogP contribution in [-0.4, -0.2) is 27.5 Å². The minimum absolute atomic E-state index is 0.594. The van der Waals surface area contributed by atoms with Gasteiger partial charge in [0.25, 0.3) is 0 Å². The van der Waals surface area contributed by atoms with Crippen molar-refractivity contribution < 1.29 is 0 Å². The molecule has 0 radical (unpaired) electrons. The van der Waals surface area contributed by atoms with Gasteiger partial charge in [0, 0.05) is 38.1 Å². The molecule has 3 rings (SSSR count). The molecule has 0 aliphatic carbocycles. The van der Waals surface area contributed by atoms with Gasteiger partial charge in [-0.3, -0.25) is 4.90 Å². The molecule has 2 aromatic rings. The van der Waals surface area contributed by atoms with E-state index in [1.807, 2.05) is 6.20 Å². The first-order valence-corrected chi connectivity index (χ1v) is 6.58. The minimum Gasteiger partial charge on any atom is -0.331 e. The molecule has 3 heteroatoms. The van der Waals surface area contributed by atoms with E-state index >= 15 is 0 Å². The molecule has 0 N–H and O–H groups in total. The molecule has 1 aliphatic rings. The number of hydrogen-bond acceptors (Lipinski definition) is 2. The first kappa shape index (κ1) is 11.5. The monoisotopic (exact) mass is 241 g/mol. The van der Waals surface area contributed by atoms with Crippen LogP contribution in [0.5, 0.6) is 0 Å². The van der Waals surface area contributed by atoms with Crippen molar-refractivity contribution in [2.45, 2.75) is 25.9 Å². The Labute approximate surface area is 108 Å². The highest BCUT2D eigenvalue weighted by molar-refractivity contribution is 5.14. The van der Waals surface area contributed by atoms with Crippen LogP contribution in [-0.2, 0) is 6.54 Å². The molecule has 18 heavy (non-hydrogen) atoms. The Hall–Kier alpha value is -1.61. The Bertz CT molecular complexity index is 503. The number of hydrogen-bond donors (Lipinski definition) is 0. The summed E-state index contributed by atoms with van der Waals surface area (Å²) in [6.45, 7) is 5.45. The zero-order valence-electron chi connectivity index (χ0n) is 10.8. The van der Waals surface area contributed by atoms with Gasteiger partial charge in [0.1, 0.15) is 5.82 Å². The smallest absolute Gasteiger partial charge is 0.105 e. The Morgan fingerprint density at radius 3 is 2.83 bits per heavy atom. The highest BCUT2D eigenvalue weighted by Gasteiger charge is 2.24. The Morgan fingerprint density at radius 1 is 1.28 bits per heavy atom. The fourth-order valence-corrected chi connectivity index (χ4v) is 2.80. The van der Waals surface area contributed by atoms with Gasteiger partial charge in [0.15, 0.2) is 0 Å². The predicted molar refractivity (Wildman–Crippen MR) is 72.3 cm³/mol. The van der Waals surface area contributed by atoms with E-state index in [9.17, 15) is 0 Å². The molecule has 0 bridgehead atoms. The topological polar surface area (TPSA) is 21.1 Å². The summed E-state index contributed by atoms with van der Waals surface area (Å²) in [5.41, 5.74) is 1.40. The largest absolute Gasteiger partial charge is 0.331 e. The molecule has 1 aromatic heterocycles. The van der Waals surface area contributed by atoms with Gasteiger partial charge < -0.3 is 4.57 Å². The van der Waals surface area contributed by atoms with Gasteiger partial charge in [-0.05, 0) is 18.9 Å². The second kappa shape index (κ2) is 4.94. The maximum atomic E-state index is 4.31. The summed E-state index contributed by atoms with van der Waals surface area (Å²) in [4.78, 5) is 6.84. The first-order chi connectivity index (χ1) is 8.83. The molecule has 1 saturated heterocycles. The molecule has 1 fully saturated rings. The van der Waals surface area contributed by atoms with Crippen molar-refractivity contribution in [1.82, 2.24) is 14.5 Å². The summed E-state index contributed by atoms with van der Waals surface area (Å²) < 4.78 is 2.31. The van der Waals surface area contributed by atoms with Gasteiger partial charge in [-0.15, -0.1) is 0 Å². The van der Waals surface area contributed by atoms with Crippen LogP contribution in [0.1, 0.15) is 23.9 Å². The molecule has 0 spiro atoms. The number of imidazole rings is 1. The lowest BCUT2D eigenvalue weighted by Crippen LogP contribution is -2.21. The van der Waals surface area contributed by atoms with Crippen LogP contribution in [0.4, 0.5) is 0 Å². The zero-order chi connectivity index (χ0) is 12.4. The summed E-state index contributed by atoms with van der Waals surface area (Å²) in [6, 6.07) is 11.3. The number of rotatable bonds is 3. The second-order valence-corrected chi connectivity index (χ2v) is 5.04. The summed E-state index contributed by atoms with van der Waals surface area (Å²) in [5, 5.41) is 0. The predicted octanol–water partition coefficient (Wildman–Crippen LogP) is 2.64. The standard InChI is InChI=1S/C15H19N3/c1-13-16-8-10-18(13)15-7-9-17(12-15)11-14-5-3-2-4-6-14/h2-6,8,10,15H,7,9,11-12H2,1H3. The molecule has 3 nitrogen and oxygen atoms in total. The molecule has 2 heterocycles. The molecular formula is C15H19N3. The third-order valence-corrected chi connectivity index (χ3v) is 3.75. The summed E-state index contributed by atoms with van der Waals surface area (Å²) in [5.74, 6) is 1.13. The molecule has 0 amide bonds. The van der Waals surface area contributed by atoms with Crippen LogP contribution in [0.2, 0.25) is 0 Å². The van der Waals surface area contributed by atoms with E-state index in [0.717, 1.165) is 18.9 Å². The Balaban J connectivity index is 1.64. The fraction of sp³-hybridized carbons (Fsp3) is 0.400. The van der Waals surface area contributed by atoms with E-state index in [1.165, 1.54) is 18.5 Å². The molecule has 0 saturated carbocycles. The average molecular weight is 241 g/mol. The molecule has 94 valence electrons. The summed E-state index contributed by atoms with van der Waals surface area (Å²) in [7, 11) is 0.